The quantitative estimate of drug-likeness (QED) is 0.415. The Balaban J connectivity index is 1.58. The molecule has 5 rings (SSSR count). The van der Waals surface area contributed by atoms with Crippen molar-refractivity contribution < 1.29 is 14.6 Å². The summed E-state index contributed by atoms with van der Waals surface area (Å²) in [5.74, 6) is 0.0826. The number of morpholine rings is 1. The van der Waals surface area contributed by atoms with E-state index in [1.54, 1.807) is 22.1 Å². The zero-order chi connectivity index (χ0) is 19.8. The van der Waals surface area contributed by atoms with Crippen LogP contribution in [0.2, 0.25) is 0 Å². The van der Waals surface area contributed by atoms with Gasteiger partial charge in [-0.1, -0.05) is 18.2 Å². The Morgan fingerprint density at radius 3 is 2.66 bits per heavy atom. The van der Waals surface area contributed by atoms with Crippen LogP contribution in [0.15, 0.2) is 60.1 Å². The first-order valence-electron chi connectivity index (χ1n) is 9.61. The number of fused-ring (bicyclic) bond motifs is 1. The van der Waals surface area contributed by atoms with E-state index in [1.165, 1.54) is 0 Å². The Morgan fingerprint density at radius 1 is 1.07 bits per heavy atom. The maximum Gasteiger partial charge on any atom is 0.229 e. The molecular weight excluding hydrogens is 386 g/mol. The number of para-hydroxylation sites is 1. The molecule has 0 bridgehead atoms. The molecule has 3 aromatic heterocycles. The minimum Gasteiger partial charge on any atom is -0.618 e. The lowest BCUT2D eigenvalue weighted by Crippen LogP contribution is -2.37. The molecule has 7 heteroatoms. The van der Waals surface area contributed by atoms with Crippen LogP contribution in [0, 0.1) is 5.21 Å². The van der Waals surface area contributed by atoms with Gasteiger partial charge in [-0.2, -0.15) is 4.73 Å². The van der Waals surface area contributed by atoms with Crippen molar-refractivity contribution in [2.24, 2.45) is 0 Å². The summed E-state index contributed by atoms with van der Waals surface area (Å²) >= 11 is 1.54. The molecule has 4 heterocycles. The Kier molecular flexibility index (Phi) is 4.71. The second kappa shape index (κ2) is 7.51. The Hall–Kier alpha value is -2.87. The fourth-order valence-corrected chi connectivity index (χ4v) is 4.67. The van der Waals surface area contributed by atoms with Gasteiger partial charge in [0.2, 0.25) is 11.6 Å². The molecule has 29 heavy (non-hydrogen) atoms. The van der Waals surface area contributed by atoms with Gasteiger partial charge in [0.25, 0.3) is 0 Å². The summed E-state index contributed by atoms with van der Waals surface area (Å²) < 4.78 is 8.06. The average Bonchev–Trinajstić information content (AvgIpc) is 3.35. The lowest BCUT2D eigenvalue weighted by atomic mass is 10.1. The highest BCUT2D eigenvalue weighted by atomic mass is 32.1. The van der Waals surface area contributed by atoms with Gasteiger partial charge in [-0.25, -0.2) is 0 Å². The van der Waals surface area contributed by atoms with Gasteiger partial charge in [-0.15, -0.1) is 11.3 Å². The number of pyridine rings is 1. The number of aromatic nitrogens is 2. The number of ether oxygens (including phenoxy) is 1. The summed E-state index contributed by atoms with van der Waals surface area (Å²) in [7, 11) is 0. The molecule has 1 N–H and O–H groups in total. The topological polar surface area (TPSA) is 64.6 Å². The van der Waals surface area contributed by atoms with E-state index in [2.05, 4.69) is 4.90 Å². The standard InChI is InChI=1S/C22H21N3O3S/c26-22-21(17-4-1-2-5-18(17)25(22)20-6-3-13-29-20)19-8-7-16(15-24(19)27)14-23-9-11-28-12-10-23/h1-8,13,15,26H,9-12,14H2. The largest absolute Gasteiger partial charge is 0.618 e. The SMILES string of the molecule is [O-][n+]1cc(CN2CCOCC2)ccc1-c1c(O)n(-c2cccs2)c2ccccc12. The van der Waals surface area contributed by atoms with Crippen LogP contribution in [0.3, 0.4) is 0 Å². The van der Waals surface area contributed by atoms with E-state index in [-0.39, 0.29) is 5.88 Å². The lowest BCUT2D eigenvalue weighted by Gasteiger charge is -2.26. The van der Waals surface area contributed by atoms with E-state index in [4.69, 9.17) is 4.74 Å². The Morgan fingerprint density at radius 2 is 1.90 bits per heavy atom. The van der Waals surface area contributed by atoms with Crippen LogP contribution in [-0.4, -0.2) is 40.9 Å². The van der Waals surface area contributed by atoms with Crippen LogP contribution in [0.25, 0.3) is 27.2 Å². The van der Waals surface area contributed by atoms with Crippen molar-refractivity contribution >= 4 is 22.2 Å². The minimum absolute atomic E-state index is 0.0826. The van der Waals surface area contributed by atoms with Gasteiger partial charge in [-0.05, 0) is 29.6 Å². The second-order valence-corrected chi connectivity index (χ2v) is 8.07. The molecule has 0 unspecified atom stereocenters. The van der Waals surface area contributed by atoms with Crippen LogP contribution >= 0.6 is 11.3 Å². The highest BCUT2D eigenvalue weighted by Crippen LogP contribution is 2.40. The van der Waals surface area contributed by atoms with Crippen molar-refractivity contribution in [2.75, 3.05) is 26.3 Å². The minimum atomic E-state index is 0.0826. The van der Waals surface area contributed by atoms with E-state index >= 15 is 0 Å². The zero-order valence-electron chi connectivity index (χ0n) is 15.8. The molecule has 0 spiro atoms. The van der Waals surface area contributed by atoms with Crippen molar-refractivity contribution in [3.63, 3.8) is 0 Å². The van der Waals surface area contributed by atoms with E-state index in [9.17, 15) is 10.3 Å². The summed E-state index contributed by atoms with van der Waals surface area (Å²) in [6.45, 7) is 3.91. The maximum atomic E-state index is 12.9. The average molecular weight is 407 g/mol. The number of hydrogen-bond acceptors (Lipinski definition) is 5. The number of nitrogens with zero attached hydrogens (tertiary/aromatic N) is 3. The second-order valence-electron chi connectivity index (χ2n) is 7.14. The van der Waals surface area contributed by atoms with Crippen LogP contribution in [-0.2, 0) is 11.3 Å². The van der Waals surface area contributed by atoms with Gasteiger partial charge >= 0.3 is 0 Å². The molecule has 1 aliphatic rings. The highest BCUT2D eigenvalue weighted by molar-refractivity contribution is 7.12. The molecule has 1 fully saturated rings. The molecule has 6 nitrogen and oxygen atoms in total. The van der Waals surface area contributed by atoms with Gasteiger partial charge in [-0.3, -0.25) is 9.47 Å². The number of hydrogen-bond donors (Lipinski definition) is 1. The first-order chi connectivity index (χ1) is 14.2. The van der Waals surface area contributed by atoms with E-state index in [1.807, 2.05) is 53.9 Å². The van der Waals surface area contributed by atoms with Crippen LogP contribution in [0.4, 0.5) is 0 Å². The summed E-state index contributed by atoms with van der Waals surface area (Å²) in [6.07, 6.45) is 1.61. The molecule has 4 aromatic rings. The molecule has 0 saturated carbocycles. The molecule has 1 aliphatic heterocycles. The van der Waals surface area contributed by atoms with Crippen LogP contribution in [0.5, 0.6) is 5.88 Å². The maximum absolute atomic E-state index is 12.9. The van der Waals surface area contributed by atoms with Crippen molar-refractivity contribution in [2.45, 2.75) is 6.54 Å². The first-order valence-corrected chi connectivity index (χ1v) is 10.5. The third kappa shape index (κ3) is 3.27. The van der Waals surface area contributed by atoms with Crippen LogP contribution in [0.1, 0.15) is 5.56 Å². The predicted molar refractivity (Wildman–Crippen MR) is 113 cm³/mol. The Labute approximate surface area is 172 Å². The number of thiophene rings is 1. The van der Waals surface area contributed by atoms with Gasteiger partial charge < -0.3 is 15.1 Å². The molecule has 0 radical (unpaired) electrons. The van der Waals surface area contributed by atoms with Gasteiger partial charge in [0, 0.05) is 36.7 Å². The van der Waals surface area contributed by atoms with Gasteiger partial charge in [0.15, 0.2) is 6.20 Å². The molecule has 1 saturated heterocycles. The summed E-state index contributed by atoms with van der Waals surface area (Å²) in [5.41, 5.74) is 2.83. The van der Waals surface area contributed by atoms with Crippen LogP contribution < -0.4 is 4.73 Å². The third-order valence-electron chi connectivity index (χ3n) is 5.32. The van der Waals surface area contributed by atoms with Crippen molar-refractivity contribution in [1.82, 2.24) is 9.47 Å². The lowest BCUT2D eigenvalue weighted by molar-refractivity contribution is -0.594. The number of rotatable bonds is 4. The predicted octanol–water partition coefficient (Wildman–Crippen LogP) is 3.53. The first kappa shape index (κ1) is 18.2. The highest BCUT2D eigenvalue weighted by Gasteiger charge is 2.25. The Bertz CT molecular complexity index is 1150. The normalized spacial score (nSPS) is 15.2. The molecule has 0 aliphatic carbocycles. The van der Waals surface area contributed by atoms with E-state index < -0.39 is 0 Å². The van der Waals surface area contributed by atoms with Crippen molar-refractivity contribution in [3.8, 4) is 22.1 Å². The third-order valence-corrected chi connectivity index (χ3v) is 6.17. The van der Waals surface area contributed by atoms with Crippen molar-refractivity contribution in [3.05, 3.63) is 70.9 Å². The monoisotopic (exact) mass is 407 g/mol. The summed E-state index contributed by atoms with van der Waals surface area (Å²) in [6, 6.07) is 15.4. The number of benzene rings is 1. The fraction of sp³-hybridized carbons (Fsp3) is 0.227. The fourth-order valence-electron chi connectivity index (χ4n) is 3.93. The molecule has 0 atom stereocenters. The summed E-state index contributed by atoms with van der Waals surface area (Å²) in [4.78, 5) is 2.28. The van der Waals surface area contributed by atoms with Crippen molar-refractivity contribution in [1.29, 1.82) is 0 Å². The molecule has 0 amide bonds. The van der Waals surface area contributed by atoms with E-state index in [0.29, 0.717) is 11.3 Å². The molecule has 148 valence electrons. The zero-order valence-corrected chi connectivity index (χ0v) is 16.6. The summed E-state index contributed by atoms with van der Waals surface area (Å²) in [5, 5.41) is 27.7. The molecular formula is C22H21N3O3S. The van der Waals surface area contributed by atoms with Gasteiger partial charge in [0.1, 0.15) is 10.6 Å². The molecule has 1 aromatic carbocycles. The number of aromatic hydroxyl groups is 1. The van der Waals surface area contributed by atoms with Gasteiger partial charge in [0.05, 0.1) is 18.7 Å². The van der Waals surface area contributed by atoms with E-state index in [0.717, 1.165) is 59.0 Å². The smallest absolute Gasteiger partial charge is 0.229 e.